The zero-order chi connectivity index (χ0) is 10.7. The van der Waals surface area contributed by atoms with E-state index in [4.69, 9.17) is 11.6 Å². The summed E-state index contributed by atoms with van der Waals surface area (Å²) in [6, 6.07) is 0. The van der Waals surface area contributed by atoms with Crippen LogP contribution in [-0.2, 0) is 19.4 Å². The molecule has 0 amide bonds. The SMILES string of the molecule is CCCCCn1nc2c(c1Cl)CCCC2. The Bertz CT molecular complexity index is 331. The molecule has 0 unspecified atom stereocenters. The lowest BCUT2D eigenvalue weighted by Gasteiger charge is -2.07. The van der Waals surface area contributed by atoms with Crippen LogP contribution in [-0.4, -0.2) is 9.78 Å². The van der Waals surface area contributed by atoms with Crippen molar-refractivity contribution in [1.29, 1.82) is 0 Å². The maximum atomic E-state index is 6.32. The normalized spacial score (nSPS) is 15.3. The summed E-state index contributed by atoms with van der Waals surface area (Å²) in [5, 5.41) is 5.51. The van der Waals surface area contributed by atoms with Gasteiger partial charge in [-0.2, -0.15) is 5.10 Å². The summed E-state index contributed by atoms with van der Waals surface area (Å²) in [5.41, 5.74) is 2.57. The Morgan fingerprint density at radius 1 is 1.27 bits per heavy atom. The Balaban J connectivity index is 2.07. The summed E-state index contributed by atoms with van der Waals surface area (Å²) >= 11 is 6.32. The highest BCUT2D eigenvalue weighted by molar-refractivity contribution is 6.30. The quantitative estimate of drug-likeness (QED) is 0.718. The van der Waals surface area contributed by atoms with Gasteiger partial charge in [0.2, 0.25) is 0 Å². The Labute approximate surface area is 96.6 Å². The molecule has 3 heteroatoms. The van der Waals surface area contributed by atoms with Crippen LogP contribution >= 0.6 is 11.6 Å². The van der Waals surface area contributed by atoms with Crippen LogP contribution in [0.2, 0.25) is 5.15 Å². The predicted molar refractivity (Wildman–Crippen MR) is 63.4 cm³/mol. The van der Waals surface area contributed by atoms with Crippen molar-refractivity contribution >= 4 is 11.6 Å². The van der Waals surface area contributed by atoms with Crippen molar-refractivity contribution in [3.63, 3.8) is 0 Å². The maximum Gasteiger partial charge on any atom is 0.130 e. The predicted octanol–water partition coefficient (Wildman–Crippen LogP) is 3.61. The Morgan fingerprint density at radius 2 is 2.07 bits per heavy atom. The molecule has 0 atom stereocenters. The van der Waals surface area contributed by atoms with Gasteiger partial charge in [0.15, 0.2) is 0 Å². The summed E-state index contributed by atoms with van der Waals surface area (Å²) in [6.45, 7) is 3.20. The summed E-state index contributed by atoms with van der Waals surface area (Å²) < 4.78 is 2.01. The summed E-state index contributed by atoms with van der Waals surface area (Å²) in [4.78, 5) is 0. The largest absolute Gasteiger partial charge is 0.253 e. The maximum absolute atomic E-state index is 6.32. The monoisotopic (exact) mass is 226 g/mol. The zero-order valence-corrected chi connectivity index (χ0v) is 10.2. The second-order valence-electron chi connectivity index (χ2n) is 4.35. The molecule has 2 nitrogen and oxygen atoms in total. The molecule has 2 rings (SSSR count). The highest BCUT2D eigenvalue weighted by Crippen LogP contribution is 2.27. The van der Waals surface area contributed by atoms with Crippen molar-refractivity contribution in [2.45, 2.75) is 58.4 Å². The smallest absolute Gasteiger partial charge is 0.130 e. The van der Waals surface area contributed by atoms with E-state index in [0.717, 1.165) is 24.5 Å². The first-order valence-corrected chi connectivity index (χ1v) is 6.44. The minimum atomic E-state index is 0.904. The van der Waals surface area contributed by atoms with Crippen LogP contribution in [0.4, 0.5) is 0 Å². The van der Waals surface area contributed by atoms with E-state index >= 15 is 0 Å². The number of aromatic nitrogens is 2. The van der Waals surface area contributed by atoms with Crippen LogP contribution in [0.15, 0.2) is 0 Å². The average Bonchev–Trinajstić information content (AvgIpc) is 2.57. The lowest BCUT2D eigenvalue weighted by Crippen LogP contribution is -2.01. The molecule has 1 aromatic rings. The molecule has 1 aromatic heterocycles. The second kappa shape index (κ2) is 5.02. The Morgan fingerprint density at radius 3 is 2.80 bits per heavy atom. The number of aryl methyl sites for hydroxylation is 2. The summed E-state index contributed by atoms with van der Waals surface area (Å²) in [7, 11) is 0. The highest BCUT2D eigenvalue weighted by Gasteiger charge is 2.18. The van der Waals surface area contributed by atoms with Gasteiger partial charge < -0.3 is 0 Å². The molecule has 0 spiro atoms. The first kappa shape index (κ1) is 11.0. The fourth-order valence-corrected chi connectivity index (χ4v) is 2.55. The van der Waals surface area contributed by atoms with Crippen molar-refractivity contribution < 1.29 is 0 Å². The van der Waals surface area contributed by atoms with E-state index in [1.807, 2.05) is 4.68 Å². The molecular weight excluding hydrogens is 208 g/mol. The van der Waals surface area contributed by atoms with Crippen molar-refractivity contribution in [1.82, 2.24) is 9.78 Å². The van der Waals surface area contributed by atoms with E-state index in [-0.39, 0.29) is 0 Å². The van der Waals surface area contributed by atoms with E-state index in [9.17, 15) is 0 Å². The van der Waals surface area contributed by atoms with Crippen LogP contribution in [0.5, 0.6) is 0 Å². The molecule has 0 saturated carbocycles. The lowest BCUT2D eigenvalue weighted by atomic mass is 9.99. The van der Waals surface area contributed by atoms with E-state index in [0.29, 0.717) is 0 Å². The van der Waals surface area contributed by atoms with E-state index in [2.05, 4.69) is 12.0 Å². The van der Waals surface area contributed by atoms with E-state index in [1.54, 1.807) is 0 Å². The van der Waals surface area contributed by atoms with Gasteiger partial charge in [-0.15, -0.1) is 0 Å². The zero-order valence-electron chi connectivity index (χ0n) is 9.43. The molecule has 84 valence electrons. The van der Waals surface area contributed by atoms with Crippen molar-refractivity contribution in [2.75, 3.05) is 0 Å². The molecule has 0 aliphatic heterocycles. The topological polar surface area (TPSA) is 17.8 Å². The molecule has 1 heterocycles. The third kappa shape index (κ3) is 2.36. The molecule has 0 N–H and O–H groups in total. The number of halogens is 1. The highest BCUT2D eigenvalue weighted by atomic mass is 35.5. The minimum absolute atomic E-state index is 0.904. The molecule has 15 heavy (non-hydrogen) atoms. The number of nitrogens with zero attached hydrogens (tertiary/aromatic N) is 2. The van der Waals surface area contributed by atoms with Gasteiger partial charge >= 0.3 is 0 Å². The minimum Gasteiger partial charge on any atom is -0.253 e. The van der Waals surface area contributed by atoms with E-state index in [1.165, 1.54) is 43.4 Å². The van der Waals surface area contributed by atoms with Gasteiger partial charge in [0.25, 0.3) is 0 Å². The van der Waals surface area contributed by atoms with Crippen LogP contribution < -0.4 is 0 Å². The van der Waals surface area contributed by atoms with Crippen molar-refractivity contribution in [3.05, 3.63) is 16.4 Å². The van der Waals surface area contributed by atoms with Gasteiger partial charge in [-0.05, 0) is 32.1 Å². The van der Waals surface area contributed by atoms with Gasteiger partial charge in [-0.1, -0.05) is 31.4 Å². The molecule has 1 aliphatic carbocycles. The summed E-state index contributed by atoms with van der Waals surface area (Å²) in [6.07, 6.45) is 8.50. The summed E-state index contributed by atoms with van der Waals surface area (Å²) in [5.74, 6) is 0. The second-order valence-corrected chi connectivity index (χ2v) is 4.71. The first-order chi connectivity index (χ1) is 7.33. The average molecular weight is 227 g/mol. The van der Waals surface area contributed by atoms with Crippen LogP contribution in [0.3, 0.4) is 0 Å². The molecule has 0 bridgehead atoms. The third-order valence-corrected chi connectivity index (χ3v) is 3.55. The van der Waals surface area contributed by atoms with Crippen LogP contribution in [0.25, 0.3) is 0 Å². The number of rotatable bonds is 4. The number of fused-ring (bicyclic) bond motifs is 1. The Hall–Kier alpha value is -0.500. The van der Waals surface area contributed by atoms with Gasteiger partial charge in [0.1, 0.15) is 5.15 Å². The fraction of sp³-hybridized carbons (Fsp3) is 0.750. The third-order valence-electron chi connectivity index (χ3n) is 3.13. The standard InChI is InChI=1S/C12H19ClN2/c1-2-3-6-9-15-12(13)10-7-4-5-8-11(10)14-15/h2-9H2,1H3. The van der Waals surface area contributed by atoms with Crippen LogP contribution in [0.1, 0.15) is 50.3 Å². The molecular formula is C12H19ClN2. The fourth-order valence-electron chi connectivity index (χ4n) is 2.23. The Kier molecular flexibility index (Phi) is 3.68. The number of unbranched alkanes of at least 4 members (excludes halogenated alkanes) is 2. The first-order valence-electron chi connectivity index (χ1n) is 6.07. The number of hydrogen-bond donors (Lipinski definition) is 0. The van der Waals surface area contributed by atoms with Crippen molar-refractivity contribution in [3.8, 4) is 0 Å². The number of hydrogen-bond acceptors (Lipinski definition) is 1. The molecule has 0 fully saturated rings. The van der Waals surface area contributed by atoms with Gasteiger partial charge in [-0.3, -0.25) is 4.68 Å². The van der Waals surface area contributed by atoms with Gasteiger partial charge in [0.05, 0.1) is 5.69 Å². The molecule has 0 saturated heterocycles. The van der Waals surface area contributed by atoms with Crippen LogP contribution in [0, 0.1) is 0 Å². The van der Waals surface area contributed by atoms with Crippen molar-refractivity contribution in [2.24, 2.45) is 0 Å². The van der Waals surface area contributed by atoms with Gasteiger partial charge in [0, 0.05) is 12.1 Å². The lowest BCUT2D eigenvalue weighted by molar-refractivity contribution is 0.547. The van der Waals surface area contributed by atoms with Gasteiger partial charge in [-0.25, -0.2) is 0 Å². The molecule has 0 radical (unpaired) electrons. The molecule has 0 aromatic carbocycles. The van der Waals surface area contributed by atoms with E-state index < -0.39 is 0 Å². The molecule has 1 aliphatic rings.